The number of carboxylic acid groups (broad SMARTS) is 1. The zero-order chi connectivity index (χ0) is 55.8. The molecule has 4 atom stereocenters. The standard InChI is InChI=1S/C30H39FN4O4.C23H26FN3O3.C7H15NO2/c1-19-4-3-5-24(20(19)2)30(31)8-12-33(13-9-30)26(37)18-35-25-17-21-16-23(21)27(25)28(32-35)29(38)34-10-6-22(7-11-34)39-15-14-36;1-13-4-3-5-17(14(13)2)23(24)6-8-26(9-7-23)19(28)12-27-18-11-15-10-16(15)20(18)21(25-27)22(29)30;9-5-6-10-7-1-3-8-4-2-7/h3-5,21-23,36H,6-18H2,1-2H3;3-5,15-16H,6-12H2,1-2H3,(H,29,30);7-9H,1-6H2/t21-,23-;15-,16-;/m11./s1. The number of carboxylic acids is 1. The van der Waals surface area contributed by atoms with Gasteiger partial charge in [0, 0.05) is 87.5 Å². The van der Waals surface area contributed by atoms with Crippen molar-refractivity contribution in [2.24, 2.45) is 11.8 Å². The SMILES string of the molecule is Cc1cccc(C2(F)CCN(C(=O)Cn3nc(C(=O)N4CCC(OCCO)CC4)c4c3C[C@H]3C[C@@H]43)CC2)c1C.Cc1cccc(C2(F)CCN(C(=O)Cn3nc(C(=O)O)c4c3C[C@H]3C[C@@H]43)CC2)c1C.OCCOC1CCNCC1. The van der Waals surface area contributed by atoms with Gasteiger partial charge in [-0.2, -0.15) is 10.2 Å². The number of rotatable bonds is 14. The Bertz CT molecular complexity index is 2880. The van der Waals surface area contributed by atoms with E-state index in [0.717, 1.165) is 120 Å². The monoisotopic (exact) mass is 1090 g/mol. The number of halogens is 2. The zero-order valence-corrected chi connectivity index (χ0v) is 46.5. The van der Waals surface area contributed by atoms with Gasteiger partial charge in [-0.05, 0) is 149 Å². The van der Waals surface area contributed by atoms with Crippen molar-refractivity contribution in [2.45, 2.75) is 153 Å². The number of carbonyl (C=O) groups excluding carboxylic acids is 3. The average molecular weight is 1100 g/mol. The van der Waals surface area contributed by atoms with Crippen molar-refractivity contribution in [2.75, 3.05) is 78.8 Å². The van der Waals surface area contributed by atoms with Crippen LogP contribution >= 0.6 is 0 Å². The summed E-state index contributed by atoms with van der Waals surface area (Å²) in [5.41, 5.74) is 7.16. The number of nitrogens with zero attached hydrogens (tertiary/aromatic N) is 7. The van der Waals surface area contributed by atoms with Crippen molar-refractivity contribution >= 4 is 23.7 Å². The fourth-order valence-corrected chi connectivity index (χ4v) is 13.4. The van der Waals surface area contributed by atoms with Crippen molar-refractivity contribution < 1.29 is 52.8 Å². The van der Waals surface area contributed by atoms with E-state index in [1.54, 1.807) is 19.2 Å². The van der Waals surface area contributed by atoms with E-state index in [0.29, 0.717) is 88.0 Å². The molecule has 3 amide bonds. The number of amides is 3. The number of aromatic carboxylic acids is 1. The summed E-state index contributed by atoms with van der Waals surface area (Å²) in [5.74, 6) is 0.478. The quantitative estimate of drug-likeness (QED) is 0.109. The normalized spacial score (nSPS) is 23.6. The van der Waals surface area contributed by atoms with E-state index < -0.39 is 17.3 Å². The molecular weight excluding hydrogens is 1010 g/mol. The molecule has 8 aliphatic rings. The Hall–Kier alpha value is -5.60. The number of aryl methyl sites for hydroxylation is 2. The van der Waals surface area contributed by atoms with Crippen molar-refractivity contribution in [3.8, 4) is 0 Å². The molecule has 2 aromatic heterocycles. The van der Waals surface area contributed by atoms with Gasteiger partial charge in [0.15, 0.2) is 11.4 Å². The molecule has 19 heteroatoms. The summed E-state index contributed by atoms with van der Waals surface area (Å²) in [6.45, 7) is 13.7. The molecule has 6 heterocycles. The Balaban J connectivity index is 0.000000155. The lowest BCUT2D eigenvalue weighted by molar-refractivity contribution is -0.135. The molecule has 79 heavy (non-hydrogen) atoms. The first-order valence-electron chi connectivity index (χ1n) is 28.9. The number of alkyl halides is 2. The Morgan fingerprint density at radius 1 is 0.620 bits per heavy atom. The third-order valence-corrected chi connectivity index (χ3v) is 18.6. The number of carbonyl (C=O) groups is 4. The van der Waals surface area contributed by atoms with Gasteiger partial charge in [0.05, 0.1) is 38.6 Å². The highest BCUT2D eigenvalue weighted by Gasteiger charge is 2.52. The van der Waals surface area contributed by atoms with E-state index in [-0.39, 0.29) is 81.5 Å². The summed E-state index contributed by atoms with van der Waals surface area (Å²) in [6, 6.07) is 11.5. The molecule has 428 valence electrons. The van der Waals surface area contributed by atoms with Gasteiger partial charge >= 0.3 is 5.97 Å². The lowest BCUT2D eigenvalue weighted by Gasteiger charge is -2.37. The summed E-state index contributed by atoms with van der Waals surface area (Å²) in [5, 5.41) is 39.1. The largest absolute Gasteiger partial charge is 0.476 e. The third kappa shape index (κ3) is 12.1. The summed E-state index contributed by atoms with van der Waals surface area (Å²) in [4.78, 5) is 56.6. The molecule has 2 aromatic carbocycles. The third-order valence-electron chi connectivity index (χ3n) is 18.6. The van der Waals surface area contributed by atoms with Gasteiger partial charge in [-0.25, -0.2) is 13.6 Å². The van der Waals surface area contributed by atoms with E-state index in [1.165, 1.54) is 0 Å². The smallest absolute Gasteiger partial charge is 0.356 e. The summed E-state index contributed by atoms with van der Waals surface area (Å²) in [6.07, 6.45) is 8.99. The molecule has 0 radical (unpaired) electrons. The number of hydrogen-bond acceptors (Lipinski definition) is 11. The van der Waals surface area contributed by atoms with E-state index in [1.807, 2.05) is 69.0 Å². The van der Waals surface area contributed by atoms with Crippen molar-refractivity contribution in [3.05, 3.63) is 104 Å². The van der Waals surface area contributed by atoms with E-state index in [2.05, 4.69) is 10.4 Å². The Labute approximate surface area is 462 Å². The van der Waals surface area contributed by atoms with E-state index >= 15 is 8.78 Å². The molecule has 4 aromatic rings. The molecule has 0 bridgehead atoms. The number of aliphatic hydroxyl groups is 2. The summed E-state index contributed by atoms with van der Waals surface area (Å²) < 4.78 is 46.0. The van der Waals surface area contributed by atoms with Crippen LogP contribution in [0.2, 0.25) is 0 Å². The van der Waals surface area contributed by atoms with Crippen LogP contribution < -0.4 is 5.32 Å². The van der Waals surface area contributed by atoms with E-state index in [9.17, 15) is 24.3 Å². The molecule has 4 aliphatic heterocycles. The first-order chi connectivity index (χ1) is 38.0. The second-order valence-corrected chi connectivity index (χ2v) is 23.5. The molecule has 6 fully saturated rings. The van der Waals surface area contributed by atoms with Gasteiger partial charge in [-0.15, -0.1) is 0 Å². The van der Waals surface area contributed by atoms with Gasteiger partial charge in [-0.1, -0.05) is 36.4 Å². The Morgan fingerprint density at radius 2 is 1.05 bits per heavy atom. The lowest BCUT2D eigenvalue weighted by atomic mass is 9.82. The highest BCUT2D eigenvalue weighted by molar-refractivity contribution is 5.95. The molecule has 0 spiro atoms. The van der Waals surface area contributed by atoms with Gasteiger partial charge in [0.2, 0.25) is 11.8 Å². The number of aliphatic hydroxyl groups excluding tert-OH is 2. The topological polar surface area (TPSA) is 205 Å². The summed E-state index contributed by atoms with van der Waals surface area (Å²) >= 11 is 0. The average Bonchev–Trinajstić information content (AvgIpc) is 3.81. The van der Waals surface area contributed by atoms with Gasteiger partial charge in [0.25, 0.3) is 5.91 Å². The number of aromatic nitrogens is 4. The van der Waals surface area contributed by atoms with Crippen LogP contribution in [0.1, 0.15) is 153 Å². The van der Waals surface area contributed by atoms with Crippen LogP contribution in [-0.4, -0.2) is 164 Å². The molecule has 4 aliphatic carbocycles. The van der Waals surface area contributed by atoms with Gasteiger partial charge in [0.1, 0.15) is 24.4 Å². The molecule has 4 saturated heterocycles. The highest BCUT2D eigenvalue weighted by atomic mass is 19.1. The van der Waals surface area contributed by atoms with Crippen LogP contribution in [-0.2, 0) is 56.3 Å². The number of ether oxygens (including phenoxy) is 2. The van der Waals surface area contributed by atoms with Crippen LogP contribution in [0.4, 0.5) is 8.78 Å². The van der Waals surface area contributed by atoms with Crippen molar-refractivity contribution in [1.82, 2.24) is 39.6 Å². The van der Waals surface area contributed by atoms with Gasteiger partial charge in [-0.3, -0.25) is 23.7 Å². The molecule has 0 unspecified atom stereocenters. The van der Waals surface area contributed by atoms with E-state index in [4.69, 9.17) is 24.8 Å². The minimum atomic E-state index is -1.42. The van der Waals surface area contributed by atoms with Crippen LogP contribution in [0, 0.1) is 39.5 Å². The van der Waals surface area contributed by atoms with Crippen LogP contribution in [0.3, 0.4) is 0 Å². The van der Waals surface area contributed by atoms with Gasteiger partial charge < -0.3 is 44.8 Å². The Kier molecular flexibility index (Phi) is 17.1. The van der Waals surface area contributed by atoms with Crippen LogP contribution in [0.5, 0.6) is 0 Å². The zero-order valence-electron chi connectivity index (χ0n) is 46.5. The molecule has 4 N–H and O–H groups in total. The lowest BCUT2D eigenvalue weighted by Crippen LogP contribution is -2.45. The summed E-state index contributed by atoms with van der Waals surface area (Å²) in [7, 11) is 0. The fraction of sp³-hybridized carbons (Fsp3) is 0.633. The number of nitrogens with one attached hydrogen (secondary N) is 1. The number of benzene rings is 2. The maximum atomic E-state index is 16.0. The van der Waals surface area contributed by atoms with Crippen LogP contribution in [0.15, 0.2) is 36.4 Å². The van der Waals surface area contributed by atoms with Crippen molar-refractivity contribution in [1.29, 1.82) is 0 Å². The molecule has 12 rings (SSSR count). The maximum Gasteiger partial charge on any atom is 0.356 e. The first kappa shape index (κ1) is 56.7. The predicted molar refractivity (Wildman–Crippen MR) is 290 cm³/mol. The number of likely N-dealkylation sites (tertiary alicyclic amines) is 3. The number of piperidine rings is 4. The molecule has 17 nitrogen and oxygen atoms in total. The van der Waals surface area contributed by atoms with Crippen LogP contribution in [0.25, 0.3) is 0 Å². The number of hydrogen-bond donors (Lipinski definition) is 4. The van der Waals surface area contributed by atoms with Crippen molar-refractivity contribution in [3.63, 3.8) is 0 Å². The second-order valence-electron chi connectivity index (χ2n) is 23.5. The molecule has 2 saturated carbocycles. The number of fused-ring (bicyclic) bond motifs is 6. The minimum Gasteiger partial charge on any atom is -0.476 e. The predicted octanol–water partition coefficient (Wildman–Crippen LogP) is 6.35. The second kappa shape index (κ2) is 23.9. The fourth-order valence-electron chi connectivity index (χ4n) is 13.4. The minimum absolute atomic E-state index is 0.00245. The highest BCUT2D eigenvalue weighted by Crippen LogP contribution is 2.58. The Morgan fingerprint density at radius 3 is 1.49 bits per heavy atom. The molecular formula is C60H80F2N8O9. The maximum absolute atomic E-state index is 16.0. The first-order valence-corrected chi connectivity index (χ1v) is 28.9.